The van der Waals surface area contributed by atoms with E-state index in [2.05, 4.69) is 25.6 Å². The molecule has 0 saturated carbocycles. The Labute approximate surface area is 152 Å². The largest absolute Gasteiger partial charge is 0.497 e. The number of ether oxygens (including phenoxy) is 2. The van der Waals surface area contributed by atoms with Gasteiger partial charge in [0.15, 0.2) is 0 Å². The van der Waals surface area contributed by atoms with Gasteiger partial charge in [-0.2, -0.15) is 0 Å². The molecule has 1 aromatic carbocycles. The van der Waals surface area contributed by atoms with E-state index in [1.807, 2.05) is 43.3 Å². The SMILES string of the molecule is COc1ccc(OC)c(Nc2cc(NCc3ccncc3)nc(C)n2)c1. The van der Waals surface area contributed by atoms with Crippen LogP contribution in [0.2, 0.25) is 0 Å². The maximum atomic E-state index is 5.40. The molecule has 0 amide bonds. The van der Waals surface area contributed by atoms with Gasteiger partial charge in [-0.1, -0.05) is 0 Å². The zero-order valence-electron chi connectivity index (χ0n) is 15.0. The van der Waals surface area contributed by atoms with Crippen molar-refractivity contribution in [2.75, 3.05) is 24.9 Å². The second-order valence-electron chi connectivity index (χ2n) is 5.59. The number of rotatable bonds is 7. The van der Waals surface area contributed by atoms with Crippen LogP contribution in [0.4, 0.5) is 17.3 Å². The van der Waals surface area contributed by atoms with Crippen LogP contribution in [-0.4, -0.2) is 29.2 Å². The Balaban J connectivity index is 1.79. The molecule has 0 aliphatic rings. The highest BCUT2D eigenvalue weighted by Gasteiger charge is 2.08. The Morgan fingerprint density at radius 1 is 0.923 bits per heavy atom. The zero-order valence-corrected chi connectivity index (χ0v) is 15.0. The summed E-state index contributed by atoms with van der Waals surface area (Å²) in [5.74, 6) is 3.50. The molecule has 7 nitrogen and oxygen atoms in total. The molecule has 0 fully saturated rings. The van der Waals surface area contributed by atoms with Crippen LogP contribution in [0.25, 0.3) is 0 Å². The molecule has 0 saturated heterocycles. The molecular formula is C19H21N5O2. The minimum atomic E-state index is 0.654. The lowest BCUT2D eigenvalue weighted by atomic mass is 10.2. The average Bonchev–Trinajstić information content (AvgIpc) is 2.66. The molecule has 2 aromatic heterocycles. The van der Waals surface area contributed by atoms with Crippen molar-refractivity contribution in [2.24, 2.45) is 0 Å². The molecular weight excluding hydrogens is 330 g/mol. The van der Waals surface area contributed by atoms with Gasteiger partial charge in [-0.15, -0.1) is 0 Å². The van der Waals surface area contributed by atoms with Crippen LogP contribution in [-0.2, 0) is 6.54 Å². The lowest BCUT2D eigenvalue weighted by Gasteiger charge is -2.13. The first kappa shape index (κ1) is 17.5. The van der Waals surface area contributed by atoms with Crippen LogP contribution >= 0.6 is 0 Å². The fourth-order valence-electron chi connectivity index (χ4n) is 2.47. The van der Waals surface area contributed by atoms with E-state index in [4.69, 9.17) is 9.47 Å². The first-order valence-corrected chi connectivity index (χ1v) is 8.15. The van der Waals surface area contributed by atoms with Crippen LogP contribution in [0.1, 0.15) is 11.4 Å². The topological polar surface area (TPSA) is 81.2 Å². The number of methoxy groups -OCH3 is 2. The van der Waals surface area contributed by atoms with E-state index in [0.717, 1.165) is 22.8 Å². The smallest absolute Gasteiger partial charge is 0.142 e. The highest BCUT2D eigenvalue weighted by atomic mass is 16.5. The summed E-state index contributed by atoms with van der Waals surface area (Å²) >= 11 is 0. The molecule has 0 atom stereocenters. The number of pyridine rings is 1. The zero-order chi connectivity index (χ0) is 18.4. The van der Waals surface area contributed by atoms with Crippen molar-refractivity contribution in [3.05, 3.63) is 60.2 Å². The van der Waals surface area contributed by atoms with Crippen LogP contribution in [0.3, 0.4) is 0 Å². The summed E-state index contributed by atoms with van der Waals surface area (Å²) < 4.78 is 10.7. The highest BCUT2D eigenvalue weighted by Crippen LogP contribution is 2.31. The predicted octanol–water partition coefficient (Wildman–Crippen LogP) is 3.55. The number of aryl methyl sites for hydroxylation is 1. The highest BCUT2D eigenvalue weighted by molar-refractivity contribution is 5.67. The Hall–Kier alpha value is -3.35. The predicted molar refractivity (Wildman–Crippen MR) is 101 cm³/mol. The van der Waals surface area contributed by atoms with Gasteiger partial charge in [0.25, 0.3) is 0 Å². The molecule has 2 N–H and O–H groups in total. The number of nitrogens with zero attached hydrogens (tertiary/aromatic N) is 3. The first-order valence-electron chi connectivity index (χ1n) is 8.15. The van der Waals surface area contributed by atoms with Gasteiger partial charge in [-0.25, -0.2) is 9.97 Å². The van der Waals surface area contributed by atoms with E-state index in [9.17, 15) is 0 Å². The first-order chi connectivity index (χ1) is 12.7. The normalized spacial score (nSPS) is 10.3. The van der Waals surface area contributed by atoms with Gasteiger partial charge in [0.2, 0.25) is 0 Å². The molecule has 2 heterocycles. The van der Waals surface area contributed by atoms with Crippen molar-refractivity contribution in [1.29, 1.82) is 0 Å². The van der Waals surface area contributed by atoms with Gasteiger partial charge in [0.05, 0.1) is 19.9 Å². The number of hydrogen-bond donors (Lipinski definition) is 2. The Bertz CT molecular complexity index is 871. The molecule has 0 bridgehead atoms. The minimum Gasteiger partial charge on any atom is -0.497 e. The summed E-state index contributed by atoms with van der Waals surface area (Å²) in [6, 6.07) is 11.3. The van der Waals surface area contributed by atoms with E-state index in [-0.39, 0.29) is 0 Å². The van der Waals surface area contributed by atoms with Crippen LogP contribution in [0.15, 0.2) is 48.8 Å². The summed E-state index contributed by atoms with van der Waals surface area (Å²) in [7, 11) is 3.25. The van der Waals surface area contributed by atoms with Crippen molar-refractivity contribution in [1.82, 2.24) is 15.0 Å². The maximum Gasteiger partial charge on any atom is 0.142 e. The third-order valence-corrected chi connectivity index (χ3v) is 3.73. The summed E-state index contributed by atoms with van der Waals surface area (Å²) in [5, 5.41) is 6.58. The number of nitrogens with one attached hydrogen (secondary N) is 2. The van der Waals surface area contributed by atoms with E-state index >= 15 is 0 Å². The van der Waals surface area contributed by atoms with E-state index < -0.39 is 0 Å². The van der Waals surface area contributed by atoms with E-state index in [1.165, 1.54) is 0 Å². The number of benzene rings is 1. The Morgan fingerprint density at radius 3 is 2.42 bits per heavy atom. The molecule has 0 aliphatic carbocycles. The lowest BCUT2D eigenvalue weighted by molar-refractivity contribution is 0.405. The van der Waals surface area contributed by atoms with Crippen LogP contribution in [0.5, 0.6) is 11.5 Å². The summed E-state index contributed by atoms with van der Waals surface area (Å²) in [5.41, 5.74) is 1.89. The maximum absolute atomic E-state index is 5.40. The second kappa shape index (κ2) is 8.15. The average molecular weight is 351 g/mol. The van der Waals surface area contributed by atoms with E-state index in [0.29, 0.717) is 23.9 Å². The Morgan fingerprint density at radius 2 is 1.69 bits per heavy atom. The summed E-state index contributed by atoms with van der Waals surface area (Å²) in [6.45, 7) is 2.51. The lowest BCUT2D eigenvalue weighted by Crippen LogP contribution is -2.05. The van der Waals surface area contributed by atoms with Gasteiger partial charge < -0.3 is 20.1 Å². The minimum absolute atomic E-state index is 0.654. The quantitative estimate of drug-likeness (QED) is 0.673. The molecule has 26 heavy (non-hydrogen) atoms. The molecule has 134 valence electrons. The van der Waals surface area contributed by atoms with Crippen molar-refractivity contribution < 1.29 is 9.47 Å². The fourth-order valence-corrected chi connectivity index (χ4v) is 2.47. The van der Waals surface area contributed by atoms with Crippen molar-refractivity contribution in [3.63, 3.8) is 0 Å². The standard InChI is InChI=1S/C19H21N5O2/c1-13-22-18(21-12-14-6-8-20-9-7-14)11-19(23-13)24-16-10-15(25-2)4-5-17(16)26-3/h4-11H,12H2,1-3H3,(H2,21,22,23,24). The second-order valence-corrected chi connectivity index (χ2v) is 5.59. The van der Waals surface area contributed by atoms with Crippen LogP contribution < -0.4 is 20.1 Å². The number of hydrogen-bond acceptors (Lipinski definition) is 7. The van der Waals surface area contributed by atoms with Gasteiger partial charge >= 0.3 is 0 Å². The molecule has 7 heteroatoms. The molecule has 0 unspecified atom stereocenters. The monoisotopic (exact) mass is 351 g/mol. The van der Waals surface area contributed by atoms with Gasteiger partial charge in [0, 0.05) is 31.1 Å². The third-order valence-electron chi connectivity index (χ3n) is 3.73. The third kappa shape index (κ3) is 4.38. The van der Waals surface area contributed by atoms with Gasteiger partial charge in [-0.05, 0) is 36.8 Å². The number of aromatic nitrogens is 3. The molecule has 0 aliphatic heterocycles. The molecule has 3 aromatic rings. The fraction of sp³-hybridized carbons (Fsp3) is 0.211. The van der Waals surface area contributed by atoms with Gasteiger partial charge in [-0.3, -0.25) is 4.98 Å². The van der Waals surface area contributed by atoms with Crippen LogP contribution in [0, 0.1) is 6.92 Å². The van der Waals surface area contributed by atoms with Crippen molar-refractivity contribution >= 4 is 17.3 Å². The molecule has 3 rings (SSSR count). The number of anilines is 3. The van der Waals surface area contributed by atoms with Gasteiger partial charge in [0.1, 0.15) is 29.0 Å². The molecule has 0 radical (unpaired) electrons. The molecule has 0 spiro atoms. The Kier molecular flexibility index (Phi) is 5.48. The summed E-state index contributed by atoms with van der Waals surface area (Å²) in [6.07, 6.45) is 3.54. The van der Waals surface area contributed by atoms with Crippen molar-refractivity contribution in [3.8, 4) is 11.5 Å². The summed E-state index contributed by atoms with van der Waals surface area (Å²) in [4.78, 5) is 12.9. The van der Waals surface area contributed by atoms with E-state index in [1.54, 1.807) is 26.6 Å². The van der Waals surface area contributed by atoms with Crippen molar-refractivity contribution in [2.45, 2.75) is 13.5 Å².